The van der Waals surface area contributed by atoms with Crippen molar-refractivity contribution in [1.29, 1.82) is 0 Å². The summed E-state index contributed by atoms with van der Waals surface area (Å²) in [5, 5.41) is 3.18. The highest BCUT2D eigenvalue weighted by Crippen LogP contribution is 2.24. The summed E-state index contributed by atoms with van der Waals surface area (Å²) in [7, 11) is -1.71. The summed E-state index contributed by atoms with van der Waals surface area (Å²) in [4.78, 5) is 15.0. The first kappa shape index (κ1) is 24.9. The molecule has 0 atom stereocenters. The second-order valence-electron chi connectivity index (χ2n) is 8.46. The van der Waals surface area contributed by atoms with Crippen molar-refractivity contribution in [3.8, 4) is 0 Å². The second kappa shape index (κ2) is 10.1. The Balaban J connectivity index is 0.00000392. The van der Waals surface area contributed by atoms with Gasteiger partial charge >= 0.3 is 0 Å². The molecule has 1 aliphatic heterocycles. The van der Waals surface area contributed by atoms with Crippen LogP contribution in [0.25, 0.3) is 0 Å². The highest BCUT2D eigenvalue weighted by molar-refractivity contribution is 7.89. The van der Waals surface area contributed by atoms with Crippen LogP contribution in [0.4, 0.5) is 0 Å². The number of nitrogens with one attached hydrogen (secondary N) is 2. The number of amides is 1. The maximum absolute atomic E-state index is 13.0. The molecule has 8 heteroatoms. The van der Waals surface area contributed by atoms with E-state index in [0.717, 1.165) is 44.5 Å². The van der Waals surface area contributed by atoms with Crippen molar-refractivity contribution in [1.82, 2.24) is 14.9 Å². The Morgan fingerprint density at radius 1 is 1.21 bits per heavy atom. The summed E-state index contributed by atoms with van der Waals surface area (Å²) >= 11 is 0. The minimum atomic E-state index is -3.67. The average Bonchev–Trinajstić information content (AvgIpc) is 2.58. The van der Waals surface area contributed by atoms with Crippen LogP contribution >= 0.6 is 12.4 Å². The van der Waals surface area contributed by atoms with E-state index in [1.165, 1.54) is 6.07 Å². The van der Waals surface area contributed by atoms with Gasteiger partial charge in [-0.1, -0.05) is 6.07 Å². The van der Waals surface area contributed by atoms with E-state index in [9.17, 15) is 13.2 Å². The number of carbonyl (C=O) groups is 1. The number of hydrogen-bond donors (Lipinski definition) is 2. The molecule has 1 fully saturated rings. The fraction of sp³-hybridized carbons (Fsp3) is 0.650. The van der Waals surface area contributed by atoms with Gasteiger partial charge in [-0.2, -0.15) is 0 Å². The smallest absolute Gasteiger partial charge is 0.254 e. The Bertz CT molecular complexity index is 767. The van der Waals surface area contributed by atoms with Crippen LogP contribution in [0.1, 0.15) is 56.0 Å². The lowest BCUT2D eigenvalue weighted by molar-refractivity contribution is 0.0686. The van der Waals surface area contributed by atoms with Gasteiger partial charge in [0.2, 0.25) is 10.0 Å². The number of rotatable bonds is 6. The number of aryl methyl sites for hydroxylation is 1. The summed E-state index contributed by atoms with van der Waals surface area (Å²) in [5.41, 5.74) is 0.691. The Labute approximate surface area is 175 Å². The van der Waals surface area contributed by atoms with Gasteiger partial charge < -0.3 is 10.2 Å². The van der Waals surface area contributed by atoms with Crippen LogP contribution in [0.15, 0.2) is 23.1 Å². The van der Waals surface area contributed by atoms with Crippen molar-refractivity contribution >= 4 is 28.3 Å². The van der Waals surface area contributed by atoms with Crippen LogP contribution in [-0.4, -0.2) is 51.4 Å². The third kappa shape index (κ3) is 6.72. The standard InChI is InChI=1S/C20H33N3O3S.ClH/c1-15-6-7-17(27(25,26)22-20(2,3)4)14-18(15)19(24)23-12-9-16(10-13-23)8-11-21-5;/h6-7,14,16,21-22H,8-13H2,1-5H3;1H. The van der Waals surface area contributed by atoms with E-state index in [0.29, 0.717) is 11.5 Å². The van der Waals surface area contributed by atoms with Gasteiger partial charge in [0, 0.05) is 24.2 Å². The molecule has 1 aromatic carbocycles. The van der Waals surface area contributed by atoms with Gasteiger partial charge in [0.25, 0.3) is 5.91 Å². The SMILES string of the molecule is CNCCC1CCN(C(=O)c2cc(S(=O)(=O)NC(C)(C)C)ccc2C)CC1.Cl. The number of hydrogen-bond acceptors (Lipinski definition) is 4. The second-order valence-corrected chi connectivity index (χ2v) is 10.1. The van der Waals surface area contributed by atoms with Gasteiger partial charge in [-0.15, -0.1) is 12.4 Å². The molecule has 160 valence electrons. The van der Waals surface area contributed by atoms with Crippen LogP contribution in [0.2, 0.25) is 0 Å². The first-order valence-corrected chi connectivity index (χ1v) is 11.1. The number of nitrogens with zero attached hydrogens (tertiary/aromatic N) is 1. The van der Waals surface area contributed by atoms with Crippen molar-refractivity contribution in [2.24, 2.45) is 5.92 Å². The third-order valence-corrected chi connectivity index (χ3v) is 6.65. The zero-order chi connectivity index (χ0) is 20.2. The number of piperidine rings is 1. The lowest BCUT2D eigenvalue weighted by atomic mass is 9.93. The Hall–Kier alpha value is -1.15. The summed E-state index contributed by atoms with van der Waals surface area (Å²) in [6, 6.07) is 4.78. The average molecular weight is 432 g/mol. The van der Waals surface area contributed by atoms with Crippen LogP contribution in [0.3, 0.4) is 0 Å². The molecule has 28 heavy (non-hydrogen) atoms. The molecule has 0 spiro atoms. The lowest BCUT2D eigenvalue weighted by Gasteiger charge is -2.32. The topological polar surface area (TPSA) is 78.5 Å². The highest BCUT2D eigenvalue weighted by atomic mass is 35.5. The first-order chi connectivity index (χ1) is 12.5. The van der Waals surface area contributed by atoms with Gasteiger partial charge in [-0.25, -0.2) is 13.1 Å². The fourth-order valence-electron chi connectivity index (χ4n) is 3.40. The highest BCUT2D eigenvalue weighted by Gasteiger charge is 2.27. The molecule has 1 amide bonds. The predicted molar refractivity (Wildman–Crippen MR) is 116 cm³/mol. The Morgan fingerprint density at radius 3 is 2.36 bits per heavy atom. The molecule has 2 N–H and O–H groups in total. The Morgan fingerprint density at radius 2 is 1.82 bits per heavy atom. The van der Waals surface area contributed by atoms with Gasteiger partial charge in [0.05, 0.1) is 4.90 Å². The van der Waals surface area contributed by atoms with E-state index in [1.807, 2.05) is 18.9 Å². The van der Waals surface area contributed by atoms with Crippen molar-refractivity contribution < 1.29 is 13.2 Å². The van der Waals surface area contributed by atoms with E-state index in [1.54, 1.807) is 32.9 Å². The molecule has 0 saturated carbocycles. The van der Waals surface area contributed by atoms with Crippen LogP contribution < -0.4 is 10.0 Å². The lowest BCUT2D eigenvalue weighted by Crippen LogP contribution is -2.41. The van der Waals surface area contributed by atoms with Crippen molar-refractivity contribution in [2.75, 3.05) is 26.7 Å². The zero-order valence-electron chi connectivity index (χ0n) is 17.5. The van der Waals surface area contributed by atoms with Crippen molar-refractivity contribution in [3.63, 3.8) is 0 Å². The van der Waals surface area contributed by atoms with Gasteiger partial charge in [0.15, 0.2) is 0 Å². The minimum Gasteiger partial charge on any atom is -0.339 e. The quantitative estimate of drug-likeness (QED) is 0.725. The summed E-state index contributed by atoms with van der Waals surface area (Å²) in [6.45, 7) is 9.68. The number of benzene rings is 1. The van der Waals surface area contributed by atoms with E-state index in [2.05, 4.69) is 10.0 Å². The predicted octanol–water partition coefficient (Wildman–Crippen LogP) is 2.96. The third-order valence-electron chi connectivity index (χ3n) is 4.89. The molecule has 0 radical (unpaired) electrons. The molecule has 0 aromatic heterocycles. The summed E-state index contributed by atoms with van der Waals surface area (Å²) in [6.07, 6.45) is 3.12. The zero-order valence-corrected chi connectivity index (χ0v) is 19.2. The maximum atomic E-state index is 13.0. The molecule has 6 nitrogen and oxygen atoms in total. The van der Waals surface area contributed by atoms with Crippen LogP contribution in [0, 0.1) is 12.8 Å². The number of sulfonamides is 1. The number of likely N-dealkylation sites (tertiary alicyclic amines) is 1. The Kier molecular flexibility index (Phi) is 8.93. The van der Waals surface area contributed by atoms with Crippen molar-refractivity contribution in [2.45, 2.75) is 57.4 Å². The molecular weight excluding hydrogens is 398 g/mol. The van der Waals surface area contributed by atoms with E-state index < -0.39 is 15.6 Å². The summed E-state index contributed by atoms with van der Waals surface area (Å²) < 4.78 is 27.9. The van der Waals surface area contributed by atoms with Gasteiger partial charge in [-0.3, -0.25) is 4.79 Å². The molecular formula is C20H34ClN3O3S. The molecule has 0 bridgehead atoms. The first-order valence-electron chi connectivity index (χ1n) is 9.62. The molecule has 1 aliphatic rings. The van der Waals surface area contributed by atoms with E-state index >= 15 is 0 Å². The molecule has 1 aromatic rings. The molecule has 1 saturated heterocycles. The largest absolute Gasteiger partial charge is 0.339 e. The molecule has 0 unspecified atom stereocenters. The minimum absolute atomic E-state index is 0. The molecule has 1 heterocycles. The summed E-state index contributed by atoms with van der Waals surface area (Å²) in [5.74, 6) is 0.567. The van der Waals surface area contributed by atoms with Crippen LogP contribution in [-0.2, 0) is 10.0 Å². The van der Waals surface area contributed by atoms with E-state index in [4.69, 9.17) is 0 Å². The van der Waals surface area contributed by atoms with Gasteiger partial charge in [-0.05, 0) is 84.2 Å². The monoisotopic (exact) mass is 431 g/mol. The van der Waals surface area contributed by atoms with Crippen LogP contribution in [0.5, 0.6) is 0 Å². The number of halogens is 1. The normalized spacial score (nSPS) is 16.0. The maximum Gasteiger partial charge on any atom is 0.254 e. The number of carbonyl (C=O) groups excluding carboxylic acids is 1. The molecule has 2 rings (SSSR count). The fourth-order valence-corrected chi connectivity index (χ4v) is 4.85. The molecule has 0 aliphatic carbocycles. The van der Waals surface area contributed by atoms with Gasteiger partial charge in [0.1, 0.15) is 0 Å². The van der Waals surface area contributed by atoms with Crippen molar-refractivity contribution in [3.05, 3.63) is 29.3 Å². The van der Waals surface area contributed by atoms with E-state index in [-0.39, 0.29) is 23.2 Å².